The summed E-state index contributed by atoms with van der Waals surface area (Å²) in [5.41, 5.74) is -1.22. The van der Waals surface area contributed by atoms with Gasteiger partial charge in [0, 0.05) is 20.3 Å². The number of rotatable bonds is 5. The quantitative estimate of drug-likeness (QED) is 0.301. The first-order valence-corrected chi connectivity index (χ1v) is 14.3. The largest absolute Gasteiger partial charge is 0.461 e. The van der Waals surface area contributed by atoms with Gasteiger partial charge in [-0.25, -0.2) is 0 Å². The molecule has 2 saturated carbocycles. The van der Waals surface area contributed by atoms with Gasteiger partial charge in [0.15, 0.2) is 5.60 Å². The summed E-state index contributed by atoms with van der Waals surface area (Å²) in [5.74, 6) is -2.72. The van der Waals surface area contributed by atoms with E-state index < -0.39 is 47.2 Å². The number of hydrogen-bond acceptors (Lipinski definition) is 8. The summed E-state index contributed by atoms with van der Waals surface area (Å²) in [6.07, 6.45) is 1.85. The number of ketones is 1. The fourth-order valence-electron chi connectivity index (χ4n) is 7.55. The van der Waals surface area contributed by atoms with Crippen LogP contribution in [0.3, 0.4) is 0 Å². The number of allylic oxidation sites excluding steroid dienone is 1. The van der Waals surface area contributed by atoms with E-state index in [2.05, 4.69) is 13.8 Å². The van der Waals surface area contributed by atoms with Crippen molar-refractivity contribution >= 4 is 23.7 Å². The van der Waals surface area contributed by atoms with Crippen LogP contribution in [-0.2, 0) is 44.5 Å². The van der Waals surface area contributed by atoms with Crippen molar-refractivity contribution in [1.29, 1.82) is 0 Å². The number of Topliss-reactive ketones (excluding diaryl/α,β-unsaturated/α-hetero) is 1. The van der Waals surface area contributed by atoms with Gasteiger partial charge in [0.25, 0.3) is 0 Å². The fourth-order valence-corrected chi connectivity index (χ4v) is 7.55. The van der Waals surface area contributed by atoms with Crippen molar-refractivity contribution < 1.29 is 38.1 Å². The third-order valence-electron chi connectivity index (χ3n) is 9.71. The number of benzene rings is 1. The number of epoxide rings is 1. The Balaban J connectivity index is 1.61. The SMILES string of the molecule is CC(=O)O[C@@H]1[C@H]2[C@@H](OC(=O)Cc3ccccc3)[C@@H](C)C[C@]2(OC(C)=O)C(=O)/C(C)=C/[C@@H]2[C@H](CC[C@]13CO3)C2(C)C. The van der Waals surface area contributed by atoms with E-state index in [9.17, 15) is 19.2 Å². The molecular weight excluding hydrogens is 512 g/mol. The van der Waals surface area contributed by atoms with Crippen LogP contribution in [0.4, 0.5) is 0 Å². The van der Waals surface area contributed by atoms with Gasteiger partial charge in [0.05, 0.1) is 18.9 Å². The Morgan fingerprint density at radius 1 is 1.05 bits per heavy atom. The van der Waals surface area contributed by atoms with Gasteiger partial charge in [-0.1, -0.05) is 57.2 Å². The highest BCUT2D eigenvalue weighted by molar-refractivity contribution is 6.03. The van der Waals surface area contributed by atoms with Crippen LogP contribution in [0.25, 0.3) is 0 Å². The minimum absolute atomic E-state index is 0.0141. The van der Waals surface area contributed by atoms with Crippen LogP contribution < -0.4 is 0 Å². The third-order valence-corrected chi connectivity index (χ3v) is 9.71. The molecule has 3 aliphatic carbocycles. The maximum Gasteiger partial charge on any atom is 0.310 e. The Labute approximate surface area is 235 Å². The molecule has 0 radical (unpaired) electrons. The molecule has 216 valence electrons. The highest BCUT2D eigenvalue weighted by Gasteiger charge is 2.71. The fraction of sp³-hybridized carbons (Fsp3) is 0.625. The summed E-state index contributed by atoms with van der Waals surface area (Å²) in [4.78, 5) is 52.9. The van der Waals surface area contributed by atoms with E-state index in [1.807, 2.05) is 43.3 Å². The minimum atomic E-state index is -1.68. The van der Waals surface area contributed by atoms with Crippen LogP contribution in [0, 0.1) is 29.1 Å². The van der Waals surface area contributed by atoms with Crippen LogP contribution in [0.5, 0.6) is 0 Å². The second-order valence-corrected chi connectivity index (χ2v) is 12.9. The molecule has 1 aromatic rings. The zero-order valence-corrected chi connectivity index (χ0v) is 24.2. The Morgan fingerprint density at radius 2 is 1.73 bits per heavy atom. The maximum absolute atomic E-state index is 14.5. The number of fused-ring (bicyclic) bond motifs is 2. The lowest BCUT2D eigenvalue weighted by molar-refractivity contribution is -0.190. The molecule has 1 spiro atoms. The predicted molar refractivity (Wildman–Crippen MR) is 145 cm³/mol. The zero-order chi connectivity index (χ0) is 29.0. The number of hydrogen-bond donors (Lipinski definition) is 0. The maximum atomic E-state index is 14.5. The topological polar surface area (TPSA) is 108 Å². The Kier molecular flexibility index (Phi) is 7.22. The van der Waals surface area contributed by atoms with Gasteiger partial charge in [-0.2, -0.15) is 0 Å². The van der Waals surface area contributed by atoms with E-state index in [0.29, 0.717) is 24.5 Å². The Morgan fingerprint density at radius 3 is 2.33 bits per heavy atom. The summed E-state index contributed by atoms with van der Waals surface area (Å²) in [5, 5.41) is 0. The van der Waals surface area contributed by atoms with Crippen molar-refractivity contribution in [2.45, 2.75) is 90.6 Å². The lowest BCUT2D eigenvalue weighted by atomic mass is 9.74. The number of ether oxygens (including phenoxy) is 4. The second kappa shape index (κ2) is 10.1. The van der Waals surface area contributed by atoms with Crippen molar-refractivity contribution in [3.63, 3.8) is 0 Å². The summed E-state index contributed by atoms with van der Waals surface area (Å²) < 4.78 is 24.2. The van der Waals surface area contributed by atoms with Crippen LogP contribution in [0.1, 0.15) is 66.4 Å². The van der Waals surface area contributed by atoms with Crippen molar-refractivity contribution in [1.82, 2.24) is 0 Å². The van der Waals surface area contributed by atoms with Gasteiger partial charge in [-0.05, 0) is 54.1 Å². The third kappa shape index (κ3) is 5.00. The molecule has 40 heavy (non-hydrogen) atoms. The molecule has 1 saturated heterocycles. The molecule has 0 N–H and O–H groups in total. The number of carbonyl (C=O) groups excluding carboxylic acids is 4. The summed E-state index contributed by atoms with van der Waals surface area (Å²) in [7, 11) is 0. The number of esters is 3. The summed E-state index contributed by atoms with van der Waals surface area (Å²) >= 11 is 0. The zero-order valence-electron chi connectivity index (χ0n) is 24.2. The van der Waals surface area contributed by atoms with E-state index in [0.717, 1.165) is 12.0 Å². The van der Waals surface area contributed by atoms with E-state index in [1.54, 1.807) is 6.92 Å². The smallest absolute Gasteiger partial charge is 0.310 e. The lowest BCUT2D eigenvalue weighted by Crippen LogP contribution is -2.58. The molecule has 0 amide bonds. The van der Waals surface area contributed by atoms with Crippen LogP contribution in [0.2, 0.25) is 0 Å². The molecule has 5 rings (SSSR count). The van der Waals surface area contributed by atoms with Crippen molar-refractivity contribution in [3.05, 3.63) is 47.5 Å². The van der Waals surface area contributed by atoms with Gasteiger partial charge in [-0.15, -0.1) is 0 Å². The number of carbonyl (C=O) groups is 4. The van der Waals surface area contributed by atoms with Crippen molar-refractivity contribution in [3.8, 4) is 0 Å². The average Bonchev–Trinajstić information content (AvgIpc) is 3.73. The van der Waals surface area contributed by atoms with Crippen molar-refractivity contribution in [2.75, 3.05) is 6.61 Å². The van der Waals surface area contributed by atoms with Crippen LogP contribution in [-0.4, -0.2) is 53.7 Å². The Bertz CT molecular complexity index is 1230. The molecule has 0 bridgehead atoms. The predicted octanol–water partition coefficient (Wildman–Crippen LogP) is 4.38. The summed E-state index contributed by atoms with van der Waals surface area (Å²) in [6, 6.07) is 9.25. The van der Waals surface area contributed by atoms with E-state index >= 15 is 0 Å². The van der Waals surface area contributed by atoms with Crippen molar-refractivity contribution in [2.24, 2.45) is 29.1 Å². The van der Waals surface area contributed by atoms with Crippen LogP contribution in [0.15, 0.2) is 42.0 Å². The first-order chi connectivity index (χ1) is 18.8. The molecule has 8 atom stereocenters. The molecule has 0 unspecified atom stereocenters. The van der Waals surface area contributed by atoms with Gasteiger partial charge in [0.1, 0.15) is 17.8 Å². The standard InChI is InChI=1S/C32H40O8/c1-18-14-24-23(30(24,5)6)12-13-31(17-37-31)29(38-20(3)33)26-27(39-25(35)15-22-10-8-7-9-11-22)19(2)16-32(26,28(18)36)40-21(4)34/h7-11,14,19,23-24,26-27,29H,12-13,15-17H2,1-6H3/b18-14+/t19-,23-,24+,26+,27-,29+,31-,32+/m0/s1. The highest BCUT2D eigenvalue weighted by Crippen LogP contribution is 2.64. The highest BCUT2D eigenvalue weighted by atomic mass is 16.6. The summed E-state index contributed by atoms with van der Waals surface area (Å²) in [6.45, 7) is 11.0. The van der Waals surface area contributed by atoms with E-state index in [1.165, 1.54) is 13.8 Å². The normalized spacial score (nSPS) is 39.0. The molecule has 1 aromatic carbocycles. The molecular formula is C32H40O8. The molecule has 8 nitrogen and oxygen atoms in total. The lowest BCUT2D eigenvalue weighted by Gasteiger charge is -2.41. The molecule has 8 heteroatoms. The monoisotopic (exact) mass is 552 g/mol. The van der Waals surface area contributed by atoms with Gasteiger partial charge < -0.3 is 18.9 Å². The molecule has 3 fully saturated rings. The molecule has 1 aliphatic heterocycles. The minimum Gasteiger partial charge on any atom is -0.461 e. The van der Waals surface area contributed by atoms with E-state index in [-0.39, 0.29) is 35.9 Å². The van der Waals surface area contributed by atoms with Gasteiger partial charge in [0.2, 0.25) is 5.78 Å². The second-order valence-electron chi connectivity index (χ2n) is 12.9. The Hall–Kier alpha value is -3.00. The molecule has 0 aromatic heterocycles. The first-order valence-electron chi connectivity index (χ1n) is 14.3. The van der Waals surface area contributed by atoms with Gasteiger partial charge in [-0.3, -0.25) is 19.2 Å². The molecule has 1 heterocycles. The van der Waals surface area contributed by atoms with E-state index in [4.69, 9.17) is 18.9 Å². The molecule has 4 aliphatic rings. The van der Waals surface area contributed by atoms with Gasteiger partial charge >= 0.3 is 17.9 Å². The average molecular weight is 553 g/mol. The van der Waals surface area contributed by atoms with Crippen LogP contribution >= 0.6 is 0 Å². The first kappa shape index (κ1) is 28.5.